The maximum absolute atomic E-state index is 10.1. The van der Waals surface area contributed by atoms with Crippen molar-refractivity contribution in [3.63, 3.8) is 0 Å². The summed E-state index contributed by atoms with van der Waals surface area (Å²) in [5, 5.41) is 33.0. The Labute approximate surface area is 196 Å². The lowest BCUT2D eigenvalue weighted by Crippen LogP contribution is -2.41. The highest BCUT2D eigenvalue weighted by atomic mass is 79.9. The highest BCUT2D eigenvalue weighted by Crippen LogP contribution is 2.31. The molecule has 0 aliphatic carbocycles. The molecule has 1 saturated heterocycles. The van der Waals surface area contributed by atoms with Crippen LogP contribution in [0.4, 0.5) is 0 Å². The lowest BCUT2D eigenvalue weighted by Gasteiger charge is -2.31. The third kappa shape index (κ3) is 5.49. The van der Waals surface area contributed by atoms with Gasteiger partial charge in [0.1, 0.15) is 11.5 Å². The largest absolute Gasteiger partial charge is 0.506 e. The van der Waals surface area contributed by atoms with Gasteiger partial charge in [0.05, 0.1) is 47.6 Å². The molecule has 6 nitrogen and oxygen atoms in total. The number of phenols is 2. The molecule has 0 saturated carbocycles. The predicted molar refractivity (Wildman–Crippen MR) is 125 cm³/mol. The van der Waals surface area contributed by atoms with Gasteiger partial charge >= 0.3 is 0 Å². The molecule has 1 aliphatic rings. The Morgan fingerprint density at radius 1 is 0.679 bits per heavy atom. The average molecular weight is 640 g/mol. The molecule has 1 fully saturated rings. The molecular weight excluding hydrogens is 624 g/mol. The third-order valence-electron chi connectivity index (χ3n) is 4.07. The molecule has 0 bridgehead atoms. The summed E-state index contributed by atoms with van der Waals surface area (Å²) >= 11 is 13.5. The highest BCUT2D eigenvalue weighted by Gasteiger charge is 2.14. The van der Waals surface area contributed by atoms with Crippen LogP contribution in [0.15, 0.2) is 52.4 Å². The second kappa shape index (κ2) is 9.60. The maximum atomic E-state index is 10.1. The van der Waals surface area contributed by atoms with E-state index in [1.165, 1.54) is 0 Å². The van der Waals surface area contributed by atoms with Crippen molar-refractivity contribution in [3.05, 3.63) is 53.3 Å². The van der Waals surface area contributed by atoms with Gasteiger partial charge in [-0.3, -0.25) is 10.0 Å². The molecule has 1 heterocycles. The van der Waals surface area contributed by atoms with Gasteiger partial charge in [0.15, 0.2) is 0 Å². The zero-order valence-electron chi connectivity index (χ0n) is 14.5. The fourth-order valence-electron chi connectivity index (χ4n) is 2.57. The van der Waals surface area contributed by atoms with Gasteiger partial charge in [0.2, 0.25) is 0 Å². The Balaban J connectivity index is 1.59. The molecular formula is C18H16Br4N4O2. The summed E-state index contributed by atoms with van der Waals surface area (Å²) in [5.74, 6) is 0.324. The van der Waals surface area contributed by atoms with Gasteiger partial charge in [-0.25, -0.2) is 0 Å². The molecule has 2 aromatic rings. The van der Waals surface area contributed by atoms with Crippen molar-refractivity contribution in [1.29, 1.82) is 0 Å². The third-order valence-corrected chi connectivity index (χ3v) is 6.19. The number of hydrogen-bond acceptors (Lipinski definition) is 6. The van der Waals surface area contributed by atoms with E-state index in [9.17, 15) is 10.2 Å². The predicted octanol–water partition coefficient (Wildman–Crippen LogP) is 5.13. The Bertz CT molecular complexity index is 853. The van der Waals surface area contributed by atoms with E-state index in [2.05, 4.69) is 73.9 Å². The average Bonchev–Trinajstić information content (AvgIpc) is 2.66. The van der Waals surface area contributed by atoms with E-state index in [0.29, 0.717) is 46.3 Å². The number of aromatic hydroxyl groups is 2. The van der Waals surface area contributed by atoms with Crippen molar-refractivity contribution in [3.8, 4) is 11.5 Å². The summed E-state index contributed by atoms with van der Waals surface area (Å²) in [4.78, 5) is 0. The van der Waals surface area contributed by atoms with Gasteiger partial charge < -0.3 is 10.2 Å². The lowest BCUT2D eigenvalue weighted by atomic mass is 10.2. The quantitative estimate of drug-likeness (QED) is 0.455. The summed E-state index contributed by atoms with van der Waals surface area (Å²) < 4.78 is 2.95. The first-order valence-electron chi connectivity index (χ1n) is 8.27. The Morgan fingerprint density at radius 2 is 1.04 bits per heavy atom. The number of benzene rings is 2. The zero-order valence-corrected chi connectivity index (χ0v) is 20.8. The van der Waals surface area contributed by atoms with Crippen LogP contribution in [-0.2, 0) is 0 Å². The van der Waals surface area contributed by atoms with Gasteiger partial charge in [-0.2, -0.15) is 10.2 Å². The van der Waals surface area contributed by atoms with E-state index >= 15 is 0 Å². The first kappa shape index (κ1) is 21.6. The number of piperazine rings is 1. The highest BCUT2D eigenvalue weighted by molar-refractivity contribution is 9.11. The van der Waals surface area contributed by atoms with Gasteiger partial charge in [-0.15, -0.1) is 0 Å². The molecule has 0 amide bonds. The summed E-state index contributed by atoms with van der Waals surface area (Å²) in [7, 11) is 0. The Morgan fingerprint density at radius 3 is 1.39 bits per heavy atom. The van der Waals surface area contributed by atoms with Gasteiger partial charge in [-0.05, 0) is 56.1 Å². The summed E-state index contributed by atoms with van der Waals surface area (Å²) in [6, 6.07) is 7.19. The molecule has 0 radical (unpaired) electrons. The van der Waals surface area contributed by atoms with Gasteiger partial charge in [-0.1, -0.05) is 31.9 Å². The summed E-state index contributed by atoms with van der Waals surface area (Å²) in [5.41, 5.74) is 1.27. The number of hydrogen-bond donors (Lipinski definition) is 2. The fraction of sp³-hybridized carbons (Fsp3) is 0.222. The second-order valence-corrected chi connectivity index (χ2v) is 9.59. The molecule has 0 unspecified atom stereocenters. The van der Waals surface area contributed by atoms with Crippen LogP contribution in [-0.4, -0.2) is 58.8 Å². The molecule has 0 aromatic heterocycles. The van der Waals surface area contributed by atoms with Crippen LogP contribution in [0.25, 0.3) is 0 Å². The standard InChI is InChI=1S/C18H16Br4N4O2/c19-13-5-11(17(27)15(21)7-13)9-23-25-1-2-26(4-3-25)24-10-12-6-14(20)8-16(22)18(12)28/h5-10,27-28H,1-4H2. The van der Waals surface area contributed by atoms with Crippen LogP contribution < -0.4 is 0 Å². The SMILES string of the molecule is Oc1c(Br)cc(Br)cc1C=NN1CCN(N=Cc2cc(Br)cc(Br)c2O)CC1. The first-order valence-corrected chi connectivity index (χ1v) is 11.4. The smallest absolute Gasteiger partial charge is 0.138 e. The van der Waals surface area contributed by atoms with E-state index in [0.717, 1.165) is 8.95 Å². The molecule has 28 heavy (non-hydrogen) atoms. The normalized spacial score (nSPS) is 15.1. The molecule has 0 atom stereocenters. The van der Waals surface area contributed by atoms with Crippen LogP contribution in [0, 0.1) is 0 Å². The first-order chi connectivity index (χ1) is 13.3. The summed E-state index contributed by atoms with van der Waals surface area (Å²) in [6.07, 6.45) is 3.31. The second-order valence-electron chi connectivity index (χ2n) is 6.05. The van der Waals surface area contributed by atoms with E-state index < -0.39 is 0 Å². The van der Waals surface area contributed by atoms with Crippen LogP contribution in [0.3, 0.4) is 0 Å². The van der Waals surface area contributed by atoms with Crippen molar-refractivity contribution in [1.82, 2.24) is 10.0 Å². The number of hydrazone groups is 2. The monoisotopic (exact) mass is 636 g/mol. The van der Waals surface area contributed by atoms with Gasteiger partial charge in [0.25, 0.3) is 0 Å². The van der Waals surface area contributed by atoms with E-state index in [1.54, 1.807) is 24.6 Å². The number of phenolic OH excluding ortho intramolecular Hbond substituents is 2. The fourth-order valence-corrected chi connectivity index (χ4v) is 5.09. The molecule has 148 valence electrons. The Hall–Kier alpha value is -1.10. The van der Waals surface area contributed by atoms with Crippen molar-refractivity contribution in [2.24, 2.45) is 10.2 Å². The zero-order chi connectivity index (χ0) is 20.3. The summed E-state index contributed by atoms with van der Waals surface area (Å²) in [6.45, 7) is 2.83. The van der Waals surface area contributed by atoms with Crippen molar-refractivity contribution in [2.75, 3.05) is 26.2 Å². The van der Waals surface area contributed by atoms with Crippen LogP contribution in [0.1, 0.15) is 11.1 Å². The molecule has 3 rings (SSSR count). The number of nitrogens with zero attached hydrogens (tertiary/aromatic N) is 4. The molecule has 1 aliphatic heterocycles. The van der Waals surface area contributed by atoms with E-state index in [-0.39, 0.29) is 11.5 Å². The van der Waals surface area contributed by atoms with Crippen LogP contribution in [0.5, 0.6) is 11.5 Å². The number of rotatable bonds is 4. The maximum Gasteiger partial charge on any atom is 0.138 e. The Kier molecular flexibility index (Phi) is 7.41. The van der Waals surface area contributed by atoms with Gasteiger partial charge in [0, 0.05) is 20.1 Å². The lowest BCUT2D eigenvalue weighted by molar-refractivity contribution is 0.141. The molecule has 2 aromatic carbocycles. The topological polar surface area (TPSA) is 71.7 Å². The molecule has 0 spiro atoms. The van der Waals surface area contributed by atoms with Crippen molar-refractivity contribution in [2.45, 2.75) is 0 Å². The van der Waals surface area contributed by atoms with E-state index in [4.69, 9.17) is 0 Å². The molecule has 10 heteroatoms. The van der Waals surface area contributed by atoms with E-state index in [1.807, 2.05) is 22.2 Å². The van der Waals surface area contributed by atoms with Crippen molar-refractivity contribution < 1.29 is 10.2 Å². The van der Waals surface area contributed by atoms with Crippen LogP contribution in [0.2, 0.25) is 0 Å². The minimum Gasteiger partial charge on any atom is -0.506 e. The van der Waals surface area contributed by atoms with Crippen molar-refractivity contribution >= 4 is 76.1 Å². The molecule has 2 N–H and O–H groups in total. The minimum atomic E-state index is 0.162. The van der Waals surface area contributed by atoms with Crippen LogP contribution >= 0.6 is 63.7 Å². The number of halogens is 4. The minimum absolute atomic E-state index is 0.162.